The molecular formula is C13H22N4O2. The summed E-state index contributed by atoms with van der Waals surface area (Å²) in [5.74, 6) is -0.212. The van der Waals surface area contributed by atoms with Crippen LogP contribution in [0.4, 0.5) is 5.69 Å². The second kappa shape index (κ2) is 5.61. The Morgan fingerprint density at radius 2 is 2.26 bits per heavy atom. The fraction of sp³-hybridized carbons (Fsp3) is 0.692. The first-order valence-electron chi connectivity index (χ1n) is 6.82. The predicted octanol–water partition coefficient (Wildman–Crippen LogP) is 0.768. The molecule has 1 heterocycles. The van der Waals surface area contributed by atoms with Gasteiger partial charge in [-0.3, -0.25) is 9.48 Å². The fourth-order valence-corrected chi connectivity index (χ4v) is 2.76. The molecule has 2 rings (SSSR count). The maximum atomic E-state index is 12.2. The summed E-state index contributed by atoms with van der Waals surface area (Å²) in [5.41, 5.74) is 6.43. The van der Waals surface area contributed by atoms with Crippen molar-refractivity contribution in [3.63, 3.8) is 0 Å². The number of hydrogen-bond donors (Lipinski definition) is 3. The molecule has 0 aromatic carbocycles. The number of aliphatic hydroxyl groups excluding tert-OH is 1. The number of aromatic nitrogens is 2. The molecule has 1 aliphatic carbocycles. The molecule has 0 unspecified atom stereocenters. The van der Waals surface area contributed by atoms with E-state index in [1.54, 1.807) is 4.68 Å². The van der Waals surface area contributed by atoms with Crippen LogP contribution in [0.2, 0.25) is 0 Å². The van der Waals surface area contributed by atoms with Gasteiger partial charge >= 0.3 is 0 Å². The summed E-state index contributed by atoms with van der Waals surface area (Å²) in [7, 11) is 0. The Bertz CT molecular complexity index is 449. The van der Waals surface area contributed by atoms with E-state index in [1.807, 2.05) is 6.92 Å². The van der Waals surface area contributed by atoms with Crippen LogP contribution >= 0.6 is 0 Å². The Hall–Kier alpha value is -1.56. The Labute approximate surface area is 113 Å². The molecule has 1 aromatic heterocycles. The molecule has 1 amide bonds. The van der Waals surface area contributed by atoms with Gasteiger partial charge in [-0.1, -0.05) is 12.8 Å². The number of carbonyl (C=O) groups is 1. The highest BCUT2D eigenvalue weighted by Crippen LogP contribution is 2.36. The minimum atomic E-state index is -0.212. The molecule has 0 bridgehead atoms. The third kappa shape index (κ3) is 2.73. The third-order valence-electron chi connectivity index (χ3n) is 4.01. The van der Waals surface area contributed by atoms with Crippen LogP contribution < -0.4 is 11.1 Å². The van der Waals surface area contributed by atoms with Crippen molar-refractivity contribution in [2.45, 2.75) is 39.2 Å². The largest absolute Gasteiger partial charge is 0.396 e. The summed E-state index contributed by atoms with van der Waals surface area (Å²) in [6, 6.07) is 0. The predicted molar refractivity (Wildman–Crippen MR) is 72.6 cm³/mol. The lowest BCUT2D eigenvalue weighted by Gasteiger charge is -2.26. The Morgan fingerprint density at radius 1 is 1.58 bits per heavy atom. The smallest absolute Gasteiger partial charge is 0.271 e. The standard InChI is InChI=1S/C13H22N4O2/c1-2-17-11(10(14)7-16-17)12(19)15-8-13(9-18)5-3-4-6-13/h7,18H,2-6,8-9,14H2,1H3,(H,15,19). The van der Waals surface area contributed by atoms with Crippen LogP contribution in [-0.2, 0) is 6.54 Å². The van der Waals surface area contributed by atoms with Gasteiger partial charge in [-0.05, 0) is 19.8 Å². The van der Waals surface area contributed by atoms with Crippen LogP contribution in [0.1, 0.15) is 43.1 Å². The van der Waals surface area contributed by atoms with Crippen molar-refractivity contribution in [1.82, 2.24) is 15.1 Å². The molecule has 0 saturated heterocycles. The number of anilines is 1. The molecule has 0 atom stereocenters. The van der Waals surface area contributed by atoms with Gasteiger partial charge in [0.2, 0.25) is 0 Å². The molecule has 0 spiro atoms. The highest BCUT2D eigenvalue weighted by Gasteiger charge is 2.33. The highest BCUT2D eigenvalue weighted by molar-refractivity contribution is 5.97. The zero-order valence-corrected chi connectivity index (χ0v) is 11.4. The van der Waals surface area contributed by atoms with Crippen molar-refractivity contribution >= 4 is 11.6 Å². The molecule has 19 heavy (non-hydrogen) atoms. The van der Waals surface area contributed by atoms with E-state index in [4.69, 9.17) is 5.73 Å². The minimum absolute atomic E-state index is 0.121. The van der Waals surface area contributed by atoms with Crippen molar-refractivity contribution in [3.8, 4) is 0 Å². The minimum Gasteiger partial charge on any atom is -0.396 e. The molecule has 4 N–H and O–H groups in total. The van der Waals surface area contributed by atoms with E-state index in [-0.39, 0.29) is 17.9 Å². The quantitative estimate of drug-likeness (QED) is 0.733. The first-order chi connectivity index (χ1) is 9.12. The van der Waals surface area contributed by atoms with E-state index in [0.29, 0.717) is 24.5 Å². The number of hydrogen-bond acceptors (Lipinski definition) is 4. The Morgan fingerprint density at radius 3 is 2.84 bits per heavy atom. The van der Waals surface area contributed by atoms with E-state index < -0.39 is 0 Å². The molecule has 6 heteroatoms. The first kappa shape index (κ1) is 13.9. The number of nitrogen functional groups attached to an aromatic ring is 1. The van der Waals surface area contributed by atoms with E-state index in [9.17, 15) is 9.90 Å². The number of nitrogens with two attached hydrogens (primary N) is 1. The fourth-order valence-electron chi connectivity index (χ4n) is 2.76. The SMILES string of the molecule is CCn1ncc(N)c1C(=O)NCC1(CO)CCCC1. The third-order valence-corrected chi connectivity index (χ3v) is 4.01. The molecule has 1 fully saturated rings. The van der Waals surface area contributed by atoms with Crippen molar-refractivity contribution in [2.24, 2.45) is 5.41 Å². The zero-order chi connectivity index (χ0) is 13.9. The van der Waals surface area contributed by atoms with Crippen LogP contribution in [0.15, 0.2) is 6.20 Å². The number of nitrogens with one attached hydrogen (secondary N) is 1. The van der Waals surface area contributed by atoms with Gasteiger partial charge in [-0.2, -0.15) is 5.10 Å². The van der Waals surface area contributed by atoms with Crippen molar-refractivity contribution in [1.29, 1.82) is 0 Å². The zero-order valence-electron chi connectivity index (χ0n) is 11.4. The van der Waals surface area contributed by atoms with Gasteiger partial charge in [-0.15, -0.1) is 0 Å². The van der Waals surface area contributed by atoms with Crippen LogP contribution in [0.25, 0.3) is 0 Å². The van der Waals surface area contributed by atoms with Crippen LogP contribution in [0.3, 0.4) is 0 Å². The van der Waals surface area contributed by atoms with Crippen LogP contribution in [-0.4, -0.2) is 33.9 Å². The van der Waals surface area contributed by atoms with Gasteiger partial charge in [-0.25, -0.2) is 0 Å². The number of amides is 1. The normalized spacial score (nSPS) is 17.6. The molecule has 1 aromatic rings. The van der Waals surface area contributed by atoms with Crippen molar-refractivity contribution in [2.75, 3.05) is 18.9 Å². The van der Waals surface area contributed by atoms with Crippen molar-refractivity contribution < 1.29 is 9.90 Å². The van der Waals surface area contributed by atoms with Gasteiger partial charge in [0.05, 0.1) is 18.5 Å². The van der Waals surface area contributed by atoms with E-state index in [2.05, 4.69) is 10.4 Å². The summed E-state index contributed by atoms with van der Waals surface area (Å²) in [6.45, 7) is 3.13. The number of aryl methyl sites for hydroxylation is 1. The monoisotopic (exact) mass is 266 g/mol. The maximum absolute atomic E-state index is 12.2. The van der Waals surface area contributed by atoms with Gasteiger partial charge in [0.25, 0.3) is 5.91 Å². The number of nitrogens with zero attached hydrogens (tertiary/aromatic N) is 2. The first-order valence-corrected chi connectivity index (χ1v) is 6.82. The topological polar surface area (TPSA) is 93.2 Å². The number of rotatable bonds is 5. The molecule has 6 nitrogen and oxygen atoms in total. The maximum Gasteiger partial charge on any atom is 0.271 e. The Kier molecular flexibility index (Phi) is 4.09. The lowest BCUT2D eigenvalue weighted by molar-refractivity contribution is 0.0871. The van der Waals surface area contributed by atoms with E-state index in [1.165, 1.54) is 6.20 Å². The van der Waals surface area contributed by atoms with Crippen molar-refractivity contribution in [3.05, 3.63) is 11.9 Å². The van der Waals surface area contributed by atoms with Gasteiger partial charge in [0, 0.05) is 18.5 Å². The average molecular weight is 266 g/mol. The molecule has 106 valence electrons. The summed E-state index contributed by atoms with van der Waals surface area (Å²) in [4.78, 5) is 12.2. The second-order valence-corrected chi connectivity index (χ2v) is 5.31. The molecule has 1 saturated carbocycles. The van der Waals surface area contributed by atoms with E-state index >= 15 is 0 Å². The lowest BCUT2D eigenvalue weighted by Crippen LogP contribution is -2.39. The van der Waals surface area contributed by atoms with Gasteiger partial charge in [0.1, 0.15) is 5.69 Å². The summed E-state index contributed by atoms with van der Waals surface area (Å²) >= 11 is 0. The molecule has 0 radical (unpaired) electrons. The summed E-state index contributed by atoms with van der Waals surface area (Å²) in [5, 5.41) is 16.5. The second-order valence-electron chi connectivity index (χ2n) is 5.31. The summed E-state index contributed by atoms with van der Waals surface area (Å²) in [6.07, 6.45) is 5.66. The lowest BCUT2D eigenvalue weighted by atomic mass is 9.87. The average Bonchev–Trinajstić information content (AvgIpc) is 3.03. The highest BCUT2D eigenvalue weighted by atomic mass is 16.3. The molecule has 0 aliphatic heterocycles. The van der Waals surface area contributed by atoms with Gasteiger partial charge in [0.15, 0.2) is 0 Å². The number of aliphatic hydroxyl groups is 1. The molecular weight excluding hydrogens is 244 g/mol. The van der Waals surface area contributed by atoms with Crippen LogP contribution in [0, 0.1) is 5.41 Å². The van der Waals surface area contributed by atoms with Gasteiger partial charge < -0.3 is 16.2 Å². The number of carbonyl (C=O) groups excluding carboxylic acids is 1. The van der Waals surface area contributed by atoms with Crippen LogP contribution in [0.5, 0.6) is 0 Å². The van der Waals surface area contributed by atoms with E-state index in [0.717, 1.165) is 25.7 Å². The summed E-state index contributed by atoms with van der Waals surface area (Å²) < 4.78 is 1.59. The molecule has 1 aliphatic rings. The Balaban J connectivity index is 2.03.